The summed E-state index contributed by atoms with van der Waals surface area (Å²) < 4.78 is 18.2. The molecule has 78 valence electrons. The van der Waals surface area contributed by atoms with E-state index in [9.17, 15) is 4.39 Å². The summed E-state index contributed by atoms with van der Waals surface area (Å²) >= 11 is 0. The molecule has 3 nitrogen and oxygen atoms in total. The van der Waals surface area contributed by atoms with E-state index in [1.807, 2.05) is 0 Å². The topological polar surface area (TPSA) is 55.5 Å². The molecule has 0 spiro atoms. The number of hydrogen-bond acceptors (Lipinski definition) is 3. The number of nitrogens with two attached hydrogens (primary N) is 1. The molecule has 0 amide bonds. The first-order valence-corrected chi connectivity index (χ1v) is 4.31. The number of benzene rings is 1. The van der Waals surface area contributed by atoms with Crippen LogP contribution in [0.15, 0.2) is 12.1 Å². The lowest BCUT2D eigenvalue weighted by atomic mass is 10.0. The van der Waals surface area contributed by atoms with Gasteiger partial charge < -0.3 is 15.6 Å². The van der Waals surface area contributed by atoms with Gasteiger partial charge >= 0.3 is 0 Å². The third-order valence-electron chi connectivity index (χ3n) is 2.20. The molecule has 1 unspecified atom stereocenters. The fraction of sp³-hybridized carbons (Fsp3) is 0.400. The first-order valence-electron chi connectivity index (χ1n) is 4.31. The van der Waals surface area contributed by atoms with Crippen LogP contribution in [0.2, 0.25) is 0 Å². The van der Waals surface area contributed by atoms with Crippen molar-refractivity contribution in [2.24, 2.45) is 5.73 Å². The molecule has 3 N–H and O–H groups in total. The highest BCUT2D eigenvalue weighted by molar-refractivity contribution is 5.42. The second-order valence-electron chi connectivity index (χ2n) is 3.08. The van der Waals surface area contributed by atoms with Crippen molar-refractivity contribution in [3.8, 4) is 5.75 Å². The van der Waals surface area contributed by atoms with Gasteiger partial charge in [0.05, 0.1) is 19.8 Å². The third-order valence-corrected chi connectivity index (χ3v) is 2.20. The molecule has 4 heteroatoms. The number of aliphatic hydroxyl groups excluding tert-OH is 1. The molecule has 0 heterocycles. The summed E-state index contributed by atoms with van der Waals surface area (Å²) in [6.45, 7) is 1.38. The van der Waals surface area contributed by atoms with Gasteiger partial charge in [0.2, 0.25) is 0 Å². The number of hydrogen-bond donors (Lipinski definition) is 2. The average molecular weight is 199 g/mol. The van der Waals surface area contributed by atoms with Gasteiger partial charge in [-0.1, -0.05) is 0 Å². The summed E-state index contributed by atoms with van der Waals surface area (Å²) in [6, 6.07) is 2.22. The molecule has 1 rings (SSSR count). The summed E-state index contributed by atoms with van der Waals surface area (Å²) in [4.78, 5) is 0. The van der Waals surface area contributed by atoms with Crippen molar-refractivity contribution in [3.05, 3.63) is 29.1 Å². The highest BCUT2D eigenvalue weighted by Crippen LogP contribution is 2.28. The monoisotopic (exact) mass is 199 g/mol. The fourth-order valence-electron chi connectivity index (χ4n) is 1.41. The molecule has 0 aliphatic heterocycles. The molecule has 0 saturated carbocycles. The Hall–Kier alpha value is -1.13. The minimum atomic E-state index is -0.611. The molecule has 1 aromatic rings. The second kappa shape index (κ2) is 4.39. The predicted octanol–water partition coefficient (Wildman–Crippen LogP) is 1.13. The Morgan fingerprint density at radius 2 is 2.21 bits per heavy atom. The average Bonchev–Trinajstić information content (AvgIpc) is 2.20. The van der Waals surface area contributed by atoms with Crippen LogP contribution in [0.3, 0.4) is 0 Å². The Labute approximate surface area is 82.3 Å². The second-order valence-corrected chi connectivity index (χ2v) is 3.08. The summed E-state index contributed by atoms with van der Waals surface area (Å²) in [5.41, 5.74) is 6.59. The van der Waals surface area contributed by atoms with E-state index < -0.39 is 6.04 Å². The number of methoxy groups -OCH3 is 1. The minimum Gasteiger partial charge on any atom is -0.496 e. The highest BCUT2D eigenvalue weighted by atomic mass is 19.1. The fourth-order valence-corrected chi connectivity index (χ4v) is 1.41. The zero-order chi connectivity index (χ0) is 10.7. The summed E-state index contributed by atoms with van der Waals surface area (Å²) in [5.74, 6) is 0.162. The van der Waals surface area contributed by atoms with Gasteiger partial charge in [-0.05, 0) is 24.6 Å². The van der Waals surface area contributed by atoms with E-state index in [2.05, 4.69) is 0 Å². The maximum Gasteiger partial charge on any atom is 0.126 e. The van der Waals surface area contributed by atoms with Crippen molar-refractivity contribution in [1.29, 1.82) is 0 Å². The lowest BCUT2D eigenvalue weighted by Crippen LogP contribution is -2.17. The van der Waals surface area contributed by atoms with Gasteiger partial charge in [-0.15, -0.1) is 0 Å². The SMILES string of the molecule is COc1ccc(F)c(C)c1C(N)CO. The molecule has 1 aromatic carbocycles. The van der Waals surface area contributed by atoms with Gasteiger partial charge in [-0.25, -0.2) is 4.39 Å². The van der Waals surface area contributed by atoms with Crippen molar-refractivity contribution in [3.63, 3.8) is 0 Å². The van der Waals surface area contributed by atoms with E-state index in [0.717, 1.165) is 0 Å². The van der Waals surface area contributed by atoms with Crippen molar-refractivity contribution in [2.45, 2.75) is 13.0 Å². The molecule has 0 aliphatic rings. The molecule has 1 atom stereocenters. The van der Waals surface area contributed by atoms with Gasteiger partial charge in [0.1, 0.15) is 11.6 Å². The van der Waals surface area contributed by atoms with Crippen molar-refractivity contribution in [2.75, 3.05) is 13.7 Å². The van der Waals surface area contributed by atoms with Crippen molar-refractivity contribution < 1.29 is 14.2 Å². The van der Waals surface area contributed by atoms with E-state index in [4.69, 9.17) is 15.6 Å². The molecule has 14 heavy (non-hydrogen) atoms. The first-order chi connectivity index (χ1) is 6.61. The van der Waals surface area contributed by atoms with E-state index in [1.54, 1.807) is 6.92 Å². The highest BCUT2D eigenvalue weighted by Gasteiger charge is 2.16. The van der Waals surface area contributed by atoms with Gasteiger partial charge in [0, 0.05) is 5.56 Å². The number of aliphatic hydroxyl groups is 1. The Morgan fingerprint density at radius 3 is 2.71 bits per heavy atom. The van der Waals surface area contributed by atoms with Gasteiger partial charge in [0.15, 0.2) is 0 Å². The van der Waals surface area contributed by atoms with Crippen LogP contribution in [0.5, 0.6) is 5.75 Å². The molecule has 0 fully saturated rings. The lowest BCUT2D eigenvalue weighted by Gasteiger charge is -2.16. The standard InChI is InChI=1S/C10H14FNO2/c1-6-7(11)3-4-9(14-2)10(6)8(12)5-13/h3-4,8,13H,5,12H2,1-2H3. The molecule has 0 radical (unpaired) electrons. The summed E-state index contributed by atoms with van der Waals surface area (Å²) in [6.07, 6.45) is 0. The molecule has 0 aliphatic carbocycles. The first kappa shape index (κ1) is 10.9. The quantitative estimate of drug-likeness (QED) is 0.767. The Balaban J connectivity index is 3.27. The van der Waals surface area contributed by atoms with E-state index in [1.165, 1.54) is 19.2 Å². The van der Waals surface area contributed by atoms with Gasteiger partial charge in [0.25, 0.3) is 0 Å². The minimum absolute atomic E-state index is 0.235. The van der Waals surface area contributed by atoms with Crippen LogP contribution >= 0.6 is 0 Å². The van der Waals surface area contributed by atoms with Crippen LogP contribution in [0.25, 0.3) is 0 Å². The van der Waals surface area contributed by atoms with Gasteiger partial charge in [-0.2, -0.15) is 0 Å². The van der Waals surface area contributed by atoms with E-state index in [-0.39, 0.29) is 12.4 Å². The maximum absolute atomic E-state index is 13.2. The smallest absolute Gasteiger partial charge is 0.126 e. The zero-order valence-corrected chi connectivity index (χ0v) is 8.25. The number of halogens is 1. The van der Waals surface area contributed by atoms with Crippen molar-refractivity contribution >= 4 is 0 Å². The molecular weight excluding hydrogens is 185 g/mol. The largest absolute Gasteiger partial charge is 0.496 e. The zero-order valence-electron chi connectivity index (χ0n) is 8.25. The third kappa shape index (κ3) is 1.86. The van der Waals surface area contributed by atoms with Crippen LogP contribution in [-0.2, 0) is 0 Å². The van der Waals surface area contributed by atoms with Crippen LogP contribution in [-0.4, -0.2) is 18.8 Å². The van der Waals surface area contributed by atoms with Crippen molar-refractivity contribution in [1.82, 2.24) is 0 Å². The normalized spacial score (nSPS) is 12.6. The number of rotatable bonds is 3. The predicted molar refractivity (Wildman–Crippen MR) is 51.7 cm³/mol. The van der Waals surface area contributed by atoms with Gasteiger partial charge in [-0.3, -0.25) is 0 Å². The van der Waals surface area contributed by atoms with Crippen LogP contribution in [0.4, 0.5) is 4.39 Å². The Bertz CT molecular complexity index is 328. The maximum atomic E-state index is 13.2. The molecular formula is C10H14FNO2. The molecule has 0 bridgehead atoms. The summed E-state index contributed by atoms with van der Waals surface area (Å²) in [7, 11) is 1.49. The Kier molecular flexibility index (Phi) is 3.43. The molecule has 0 aromatic heterocycles. The lowest BCUT2D eigenvalue weighted by molar-refractivity contribution is 0.264. The summed E-state index contributed by atoms with van der Waals surface area (Å²) in [5, 5.41) is 8.92. The van der Waals surface area contributed by atoms with Crippen LogP contribution < -0.4 is 10.5 Å². The van der Waals surface area contributed by atoms with E-state index in [0.29, 0.717) is 16.9 Å². The van der Waals surface area contributed by atoms with Crippen LogP contribution in [0, 0.1) is 12.7 Å². The van der Waals surface area contributed by atoms with Crippen LogP contribution in [0.1, 0.15) is 17.2 Å². The Morgan fingerprint density at radius 1 is 1.57 bits per heavy atom. The number of ether oxygens (including phenoxy) is 1. The molecule has 0 saturated heterocycles. The van der Waals surface area contributed by atoms with E-state index >= 15 is 0 Å².